The molecular weight excluding hydrogens is 314 g/mol. The number of hydrogen-bond acceptors (Lipinski definition) is 4. The summed E-state index contributed by atoms with van der Waals surface area (Å²) in [5, 5.41) is 10.6. The zero-order chi connectivity index (χ0) is 17.7. The fourth-order valence-corrected chi connectivity index (χ4v) is 3.48. The van der Waals surface area contributed by atoms with Crippen LogP contribution in [-0.2, 0) is 17.8 Å². The lowest BCUT2D eigenvalue weighted by atomic mass is 9.95. The standard InChI is InChI=1S/C20H27N3O2/c1-15(2)12-17-13-18(25-23-17)14-21-19(24)20(10-6-7-11-20)22-16-8-4-3-5-9-16/h3-5,8-9,13,15,22H,6-7,10-12,14H2,1-2H3,(H,21,24). The van der Waals surface area contributed by atoms with Gasteiger partial charge in [0.05, 0.1) is 12.2 Å². The molecule has 1 aromatic carbocycles. The Morgan fingerprint density at radius 2 is 1.96 bits per heavy atom. The van der Waals surface area contributed by atoms with Crippen molar-refractivity contribution in [3.63, 3.8) is 0 Å². The van der Waals surface area contributed by atoms with Gasteiger partial charge in [-0.3, -0.25) is 4.79 Å². The summed E-state index contributed by atoms with van der Waals surface area (Å²) in [6.45, 7) is 4.67. The molecule has 2 aromatic rings. The molecule has 0 unspecified atom stereocenters. The lowest BCUT2D eigenvalue weighted by Gasteiger charge is -2.30. The molecule has 0 aliphatic heterocycles. The van der Waals surface area contributed by atoms with Crippen molar-refractivity contribution in [3.8, 4) is 0 Å². The number of nitrogens with zero attached hydrogens (tertiary/aromatic N) is 1. The van der Waals surface area contributed by atoms with Crippen LogP contribution in [0.2, 0.25) is 0 Å². The maximum Gasteiger partial charge on any atom is 0.246 e. The van der Waals surface area contributed by atoms with E-state index in [1.165, 1.54) is 0 Å². The van der Waals surface area contributed by atoms with Gasteiger partial charge < -0.3 is 15.2 Å². The van der Waals surface area contributed by atoms with Crippen molar-refractivity contribution in [1.82, 2.24) is 10.5 Å². The Hall–Kier alpha value is -2.30. The van der Waals surface area contributed by atoms with Crippen LogP contribution >= 0.6 is 0 Å². The fraction of sp³-hybridized carbons (Fsp3) is 0.500. The molecule has 0 radical (unpaired) electrons. The number of carbonyl (C=O) groups excluding carboxylic acids is 1. The minimum Gasteiger partial charge on any atom is -0.371 e. The summed E-state index contributed by atoms with van der Waals surface area (Å²) >= 11 is 0. The number of amides is 1. The van der Waals surface area contributed by atoms with Crippen LogP contribution in [0.3, 0.4) is 0 Å². The highest BCUT2D eigenvalue weighted by Crippen LogP contribution is 2.33. The molecule has 0 spiro atoms. The normalized spacial score (nSPS) is 16.1. The predicted octanol–water partition coefficient (Wildman–Crippen LogP) is 3.91. The van der Waals surface area contributed by atoms with Crippen LogP contribution in [0.15, 0.2) is 40.9 Å². The van der Waals surface area contributed by atoms with Crippen LogP contribution in [0.4, 0.5) is 5.69 Å². The van der Waals surface area contributed by atoms with Gasteiger partial charge in [0.15, 0.2) is 5.76 Å². The highest BCUT2D eigenvalue weighted by Gasteiger charge is 2.41. The number of para-hydroxylation sites is 1. The predicted molar refractivity (Wildman–Crippen MR) is 98.2 cm³/mol. The molecule has 1 aromatic heterocycles. The Balaban J connectivity index is 1.62. The van der Waals surface area contributed by atoms with Gasteiger partial charge in [-0.2, -0.15) is 0 Å². The van der Waals surface area contributed by atoms with E-state index >= 15 is 0 Å². The Labute approximate surface area is 149 Å². The second-order valence-corrected chi connectivity index (χ2v) is 7.35. The Morgan fingerprint density at radius 3 is 2.64 bits per heavy atom. The summed E-state index contributed by atoms with van der Waals surface area (Å²) in [5.41, 5.74) is 1.40. The summed E-state index contributed by atoms with van der Waals surface area (Å²) in [7, 11) is 0. The molecule has 1 heterocycles. The third kappa shape index (κ3) is 4.41. The van der Waals surface area contributed by atoms with E-state index in [-0.39, 0.29) is 5.91 Å². The van der Waals surface area contributed by atoms with Gasteiger partial charge in [0.25, 0.3) is 0 Å². The second kappa shape index (κ2) is 7.72. The molecule has 5 nitrogen and oxygen atoms in total. The lowest BCUT2D eigenvalue weighted by Crippen LogP contribution is -2.50. The number of aromatic nitrogens is 1. The largest absolute Gasteiger partial charge is 0.371 e. The van der Waals surface area contributed by atoms with E-state index in [4.69, 9.17) is 4.52 Å². The van der Waals surface area contributed by atoms with Crippen LogP contribution in [0.25, 0.3) is 0 Å². The Morgan fingerprint density at radius 1 is 1.24 bits per heavy atom. The van der Waals surface area contributed by atoms with Gasteiger partial charge in [0, 0.05) is 11.8 Å². The third-order valence-corrected chi connectivity index (χ3v) is 4.70. The van der Waals surface area contributed by atoms with Gasteiger partial charge in [-0.05, 0) is 37.3 Å². The Kier molecular flexibility index (Phi) is 5.41. The van der Waals surface area contributed by atoms with Gasteiger partial charge in [-0.1, -0.05) is 50.0 Å². The molecule has 0 bridgehead atoms. The maximum absolute atomic E-state index is 12.9. The van der Waals surface area contributed by atoms with Crippen molar-refractivity contribution in [1.29, 1.82) is 0 Å². The molecular formula is C20H27N3O2. The molecule has 25 heavy (non-hydrogen) atoms. The molecule has 1 aliphatic carbocycles. The van der Waals surface area contributed by atoms with Gasteiger partial charge in [0.1, 0.15) is 5.54 Å². The smallest absolute Gasteiger partial charge is 0.246 e. The molecule has 1 amide bonds. The van der Waals surface area contributed by atoms with E-state index in [0.29, 0.717) is 18.2 Å². The zero-order valence-corrected chi connectivity index (χ0v) is 15.0. The highest BCUT2D eigenvalue weighted by molar-refractivity contribution is 5.89. The summed E-state index contributed by atoms with van der Waals surface area (Å²) in [5.74, 6) is 1.27. The Bertz CT molecular complexity index is 688. The fourth-order valence-electron chi connectivity index (χ4n) is 3.48. The van der Waals surface area contributed by atoms with E-state index in [2.05, 4.69) is 29.6 Å². The monoisotopic (exact) mass is 341 g/mol. The number of benzene rings is 1. The molecule has 3 rings (SSSR count). The number of hydrogen-bond donors (Lipinski definition) is 2. The molecule has 1 saturated carbocycles. The van der Waals surface area contributed by atoms with Crippen LogP contribution < -0.4 is 10.6 Å². The molecule has 0 saturated heterocycles. The van der Waals surface area contributed by atoms with Crippen molar-refractivity contribution in [2.24, 2.45) is 5.92 Å². The maximum atomic E-state index is 12.9. The summed E-state index contributed by atoms with van der Waals surface area (Å²) in [6, 6.07) is 11.9. The first-order chi connectivity index (χ1) is 12.1. The van der Waals surface area contributed by atoms with Gasteiger partial charge in [-0.25, -0.2) is 0 Å². The zero-order valence-electron chi connectivity index (χ0n) is 15.0. The molecule has 0 atom stereocenters. The van der Waals surface area contributed by atoms with Gasteiger partial charge >= 0.3 is 0 Å². The first-order valence-corrected chi connectivity index (χ1v) is 9.13. The summed E-state index contributed by atoms with van der Waals surface area (Å²) < 4.78 is 5.34. The van der Waals surface area contributed by atoms with Crippen LogP contribution in [0, 0.1) is 5.92 Å². The number of anilines is 1. The SMILES string of the molecule is CC(C)Cc1cc(CNC(=O)C2(Nc3ccccc3)CCCC2)on1. The van der Waals surface area contributed by atoms with Crippen LogP contribution in [0.1, 0.15) is 51.0 Å². The quantitative estimate of drug-likeness (QED) is 0.801. The molecule has 1 aliphatic rings. The molecule has 5 heteroatoms. The summed E-state index contributed by atoms with van der Waals surface area (Å²) in [4.78, 5) is 12.9. The number of carbonyl (C=O) groups is 1. The van der Waals surface area contributed by atoms with Gasteiger partial charge in [-0.15, -0.1) is 0 Å². The van der Waals surface area contributed by atoms with E-state index in [9.17, 15) is 4.79 Å². The minimum atomic E-state index is -0.526. The van der Waals surface area contributed by atoms with Crippen molar-refractivity contribution >= 4 is 11.6 Å². The van der Waals surface area contributed by atoms with E-state index < -0.39 is 5.54 Å². The van der Waals surface area contributed by atoms with Crippen molar-refractivity contribution in [2.45, 2.75) is 58.0 Å². The average molecular weight is 341 g/mol. The lowest BCUT2D eigenvalue weighted by molar-refractivity contribution is -0.125. The third-order valence-electron chi connectivity index (χ3n) is 4.70. The van der Waals surface area contributed by atoms with E-state index in [1.54, 1.807) is 0 Å². The van der Waals surface area contributed by atoms with E-state index in [1.807, 2.05) is 36.4 Å². The second-order valence-electron chi connectivity index (χ2n) is 7.35. The van der Waals surface area contributed by atoms with Crippen molar-refractivity contribution < 1.29 is 9.32 Å². The first-order valence-electron chi connectivity index (χ1n) is 9.13. The summed E-state index contributed by atoms with van der Waals surface area (Å²) in [6.07, 6.45) is 4.71. The van der Waals surface area contributed by atoms with Crippen LogP contribution in [0.5, 0.6) is 0 Å². The molecule has 2 N–H and O–H groups in total. The number of rotatable bonds is 7. The molecule has 1 fully saturated rings. The average Bonchev–Trinajstić information content (AvgIpc) is 3.23. The van der Waals surface area contributed by atoms with Gasteiger partial charge in [0.2, 0.25) is 5.91 Å². The minimum absolute atomic E-state index is 0.0377. The van der Waals surface area contributed by atoms with Crippen molar-refractivity contribution in [3.05, 3.63) is 47.9 Å². The number of nitrogens with one attached hydrogen (secondary N) is 2. The molecule has 134 valence electrons. The first kappa shape index (κ1) is 17.5. The van der Waals surface area contributed by atoms with Crippen molar-refractivity contribution in [2.75, 3.05) is 5.32 Å². The highest BCUT2D eigenvalue weighted by atomic mass is 16.5. The van der Waals surface area contributed by atoms with E-state index in [0.717, 1.165) is 43.5 Å². The topological polar surface area (TPSA) is 67.2 Å². The van der Waals surface area contributed by atoms with Crippen LogP contribution in [-0.4, -0.2) is 16.6 Å².